The summed E-state index contributed by atoms with van der Waals surface area (Å²) in [6, 6.07) is 17.3. The molecule has 7 nitrogen and oxygen atoms in total. The number of carbonyl (C=O) groups is 1. The Morgan fingerprint density at radius 3 is 2.61 bits per heavy atom. The minimum absolute atomic E-state index is 0.132. The number of hydrogen-bond donors (Lipinski definition) is 2. The molecule has 4 aromatic rings. The van der Waals surface area contributed by atoms with Crippen LogP contribution in [-0.4, -0.2) is 33.3 Å². The summed E-state index contributed by atoms with van der Waals surface area (Å²) >= 11 is 1.24. The molecule has 0 saturated heterocycles. The Bertz CT molecular complexity index is 1260. The Kier molecular flexibility index (Phi) is 6.08. The molecule has 0 spiro atoms. The van der Waals surface area contributed by atoms with Crippen molar-refractivity contribution in [2.75, 3.05) is 12.9 Å². The van der Waals surface area contributed by atoms with Crippen LogP contribution in [0.2, 0.25) is 0 Å². The van der Waals surface area contributed by atoms with Crippen molar-refractivity contribution in [2.45, 2.75) is 11.7 Å². The van der Waals surface area contributed by atoms with E-state index in [-0.39, 0.29) is 17.2 Å². The van der Waals surface area contributed by atoms with Crippen molar-refractivity contribution >= 4 is 28.7 Å². The van der Waals surface area contributed by atoms with Crippen LogP contribution in [0.3, 0.4) is 0 Å². The number of hydrogen-bond acceptors (Lipinski definition) is 5. The molecule has 8 heteroatoms. The number of methoxy groups -OCH3 is 1. The normalized spacial score (nSPS) is 10.9. The number of rotatable bonds is 7. The molecule has 2 heterocycles. The largest absolute Gasteiger partial charge is 0.497 e. The van der Waals surface area contributed by atoms with Crippen molar-refractivity contribution in [3.05, 3.63) is 76.7 Å². The highest BCUT2D eigenvalue weighted by Gasteiger charge is 2.15. The van der Waals surface area contributed by atoms with E-state index in [1.54, 1.807) is 20.4 Å². The quantitative estimate of drug-likeness (QED) is 0.344. The van der Waals surface area contributed by atoms with Gasteiger partial charge in [0, 0.05) is 25.4 Å². The van der Waals surface area contributed by atoms with Crippen molar-refractivity contribution < 1.29 is 9.53 Å². The van der Waals surface area contributed by atoms with Crippen LogP contribution in [0.1, 0.15) is 5.56 Å². The molecule has 31 heavy (non-hydrogen) atoms. The smallest absolute Gasteiger partial charge is 0.278 e. The van der Waals surface area contributed by atoms with Crippen molar-refractivity contribution in [3.8, 4) is 16.9 Å². The highest BCUT2D eigenvalue weighted by molar-refractivity contribution is 7.99. The van der Waals surface area contributed by atoms with Gasteiger partial charge in [-0.15, -0.1) is 0 Å². The van der Waals surface area contributed by atoms with Gasteiger partial charge in [-0.25, -0.2) is 4.98 Å². The van der Waals surface area contributed by atoms with E-state index >= 15 is 0 Å². The first-order chi connectivity index (χ1) is 15.1. The maximum absolute atomic E-state index is 12.8. The number of thioether (sulfide) groups is 1. The lowest BCUT2D eigenvalue weighted by molar-refractivity contribution is -0.118. The lowest BCUT2D eigenvalue weighted by Gasteiger charge is -2.09. The monoisotopic (exact) mass is 434 g/mol. The number of aromatic nitrogens is 3. The van der Waals surface area contributed by atoms with Crippen LogP contribution in [-0.2, 0) is 18.4 Å². The summed E-state index contributed by atoms with van der Waals surface area (Å²) in [5.74, 6) is 0.799. The van der Waals surface area contributed by atoms with Gasteiger partial charge < -0.3 is 15.0 Å². The van der Waals surface area contributed by atoms with Gasteiger partial charge in [-0.1, -0.05) is 54.2 Å². The molecule has 0 radical (unpaired) electrons. The van der Waals surface area contributed by atoms with Gasteiger partial charge in [0.15, 0.2) is 5.16 Å². The summed E-state index contributed by atoms with van der Waals surface area (Å²) < 4.78 is 6.60. The molecule has 158 valence electrons. The van der Waals surface area contributed by atoms with Crippen LogP contribution in [0.15, 0.2) is 70.7 Å². The molecule has 0 unspecified atom stereocenters. The van der Waals surface area contributed by atoms with E-state index in [9.17, 15) is 9.59 Å². The third-order valence-electron chi connectivity index (χ3n) is 4.93. The number of carbonyl (C=O) groups excluding carboxylic acids is 1. The van der Waals surface area contributed by atoms with Crippen LogP contribution in [0.5, 0.6) is 5.75 Å². The van der Waals surface area contributed by atoms with Crippen LogP contribution in [0, 0.1) is 0 Å². The average Bonchev–Trinajstić information content (AvgIpc) is 3.24. The Balaban J connectivity index is 1.48. The van der Waals surface area contributed by atoms with Gasteiger partial charge in [0.1, 0.15) is 16.8 Å². The number of aromatic amines is 1. The van der Waals surface area contributed by atoms with E-state index in [2.05, 4.69) is 15.3 Å². The molecule has 0 aliphatic heterocycles. The van der Waals surface area contributed by atoms with Gasteiger partial charge in [0.05, 0.1) is 12.9 Å². The van der Waals surface area contributed by atoms with Gasteiger partial charge >= 0.3 is 0 Å². The van der Waals surface area contributed by atoms with Crippen LogP contribution < -0.4 is 15.6 Å². The minimum Gasteiger partial charge on any atom is -0.497 e. The molecular weight excluding hydrogens is 412 g/mol. The molecule has 2 N–H and O–H groups in total. The van der Waals surface area contributed by atoms with E-state index in [4.69, 9.17) is 4.74 Å². The first-order valence-corrected chi connectivity index (χ1v) is 10.7. The van der Waals surface area contributed by atoms with Gasteiger partial charge in [0.25, 0.3) is 5.56 Å². The Labute approximate surface area is 183 Å². The topological polar surface area (TPSA) is 89.0 Å². The molecule has 1 amide bonds. The molecule has 0 aliphatic rings. The fourth-order valence-corrected chi connectivity index (χ4v) is 4.01. The molecule has 0 bridgehead atoms. The van der Waals surface area contributed by atoms with Crippen molar-refractivity contribution in [1.82, 2.24) is 19.9 Å². The lowest BCUT2D eigenvalue weighted by atomic mass is 10.1. The highest BCUT2D eigenvalue weighted by Crippen LogP contribution is 2.27. The number of nitrogens with one attached hydrogen (secondary N) is 2. The lowest BCUT2D eigenvalue weighted by Crippen LogP contribution is -2.26. The third kappa shape index (κ3) is 4.49. The van der Waals surface area contributed by atoms with E-state index < -0.39 is 0 Å². The molecule has 0 fully saturated rings. The second-order valence-corrected chi connectivity index (χ2v) is 7.91. The van der Waals surface area contributed by atoms with Crippen LogP contribution in [0.25, 0.3) is 22.2 Å². The maximum Gasteiger partial charge on any atom is 0.278 e. The number of ether oxygens (including phenoxy) is 1. The number of fused-ring (bicyclic) bond motifs is 1. The first kappa shape index (κ1) is 20.7. The number of nitrogens with zero attached hydrogens (tertiary/aromatic N) is 2. The molecule has 0 aliphatic carbocycles. The highest BCUT2D eigenvalue weighted by atomic mass is 32.2. The molecule has 0 atom stereocenters. The molecular formula is C23H22N4O3S. The second-order valence-electron chi connectivity index (χ2n) is 6.96. The summed E-state index contributed by atoms with van der Waals surface area (Å²) in [5, 5.41) is 3.38. The zero-order valence-electron chi connectivity index (χ0n) is 17.2. The second kappa shape index (κ2) is 9.09. The zero-order valence-corrected chi connectivity index (χ0v) is 18.0. The van der Waals surface area contributed by atoms with Crippen molar-refractivity contribution in [2.24, 2.45) is 7.05 Å². The summed E-state index contributed by atoms with van der Waals surface area (Å²) in [6.45, 7) is 0.421. The van der Waals surface area contributed by atoms with E-state index in [0.29, 0.717) is 22.7 Å². The van der Waals surface area contributed by atoms with E-state index in [1.165, 1.54) is 16.3 Å². The predicted octanol–water partition coefficient (Wildman–Crippen LogP) is 3.35. The first-order valence-electron chi connectivity index (χ1n) is 9.73. The summed E-state index contributed by atoms with van der Waals surface area (Å²) in [4.78, 5) is 32.8. The molecule has 0 saturated carbocycles. The maximum atomic E-state index is 12.8. The summed E-state index contributed by atoms with van der Waals surface area (Å²) in [5.41, 5.74) is 3.70. The Hall–Kier alpha value is -3.52. The van der Waals surface area contributed by atoms with E-state index in [0.717, 1.165) is 22.4 Å². The van der Waals surface area contributed by atoms with Gasteiger partial charge in [-0.05, 0) is 23.3 Å². The van der Waals surface area contributed by atoms with Crippen molar-refractivity contribution in [3.63, 3.8) is 0 Å². The fraction of sp³-hybridized carbons (Fsp3) is 0.174. The fourth-order valence-electron chi connectivity index (χ4n) is 3.21. The number of benzene rings is 2. The standard InChI is InChI=1S/C23H22N4O3S/c1-27-22(29)21-20(18(13-25-21)16-6-4-3-5-7-16)26-23(27)31-14-19(28)24-12-15-8-10-17(30-2)11-9-15/h3-11,13,25H,12,14H2,1-2H3,(H,24,28). The van der Waals surface area contributed by atoms with Gasteiger partial charge in [0.2, 0.25) is 5.91 Å². The molecule has 2 aromatic heterocycles. The minimum atomic E-state index is -0.173. The average molecular weight is 435 g/mol. The SMILES string of the molecule is COc1ccc(CNC(=O)CSc2nc3c(-c4ccccc4)c[nH]c3c(=O)n2C)cc1. The van der Waals surface area contributed by atoms with Gasteiger partial charge in [-0.3, -0.25) is 14.2 Å². The van der Waals surface area contributed by atoms with Crippen molar-refractivity contribution in [1.29, 1.82) is 0 Å². The zero-order chi connectivity index (χ0) is 21.8. The Morgan fingerprint density at radius 2 is 1.90 bits per heavy atom. The van der Waals surface area contributed by atoms with E-state index in [1.807, 2.05) is 54.6 Å². The molecule has 4 rings (SSSR count). The third-order valence-corrected chi connectivity index (χ3v) is 5.96. The van der Waals surface area contributed by atoms with Gasteiger partial charge in [-0.2, -0.15) is 0 Å². The molecule has 2 aromatic carbocycles. The van der Waals surface area contributed by atoms with Crippen LogP contribution in [0.4, 0.5) is 0 Å². The summed E-state index contributed by atoms with van der Waals surface area (Å²) in [6.07, 6.45) is 1.80. The predicted molar refractivity (Wildman–Crippen MR) is 122 cm³/mol. The summed E-state index contributed by atoms with van der Waals surface area (Å²) in [7, 11) is 3.28. The number of amides is 1. The Morgan fingerprint density at radius 1 is 1.16 bits per heavy atom. The number of H-pyrrole nitrogens is 1. The van der Waals surface area contributed by atoms with Crippen LogP contribution >= 0.6 is 11.8 Å².